The van der Waals surface area contributed by atoms with Crippen molar-refractivity contribution in [1.82, 2.24) is 0 Å². The number of carbonyl (C=O) groups is 4. The van der Waals surface area contributed by atoms with E-state index < -0.39 is 38.7 Å². The number of carboxylic acid groups (broad SMARTS) is 1. The second kappa shape index (κ2) is 5.99. The summed E-state index contributed by atoms with van der Waals surface area (Å²) in [6, 6.07) is -0.869. The number of rotatable bonds is 5. The number of hydrogen-bond donors (Lipinski definition) is 1. The van der Waals surface area contributed by atoms with E-state index in [4.69, 9.17) is 5.11 Å². The van der Waals surface area contributed by atoms with Gasteiger partial charge in [0.15, 0.2) is 6.04 Å². The topological polar surface area (TPSA) is 116 Å². The Morgan fingerprint density at radius 2 is 1.18 bits per heavy atom. The summed E-state index contributed by atoms with van der Waals surface area (Å²) in [6.07, 6.45) is 0. The lowest BCUT2D eigenvalue weighted by atomic mass is 10.8. The van der Waals surface area contributed by atoms with Crippen LogP contribution >= 0.6 is 0 Å². The quantitative estimate of drug-likeness (QED) is 0.672. The Morgan fingerprint density at radius 3 is 1.35 bits per heavy atom. The Balaban J connectivity index is 5.16. The molecule has 0 aromatic heterocycles. The Morgan fingerprint density at radius 1 is 0.882 bits per heavy atom. The Labute approximate surface area is 97.8 Å². The molecule has 17 heavy (non-hydrogen) atoms. The molecule has 0 unspecified atom stereocenters. The van der Waals surface area contributed by atoms with Crippen LogP contribution < -0.4 is 0 Å². The molecule has 0 atom stereocenters. The van der Waals surface area contributed by atoms with Crippen LogP contribution in [0, 0.1) is 0 Å². The third kappa shape index (κ3) is 6.30. The molecule has 0 bridgehead atoms. The number of carbonyl (C=O) groups excluding carboxylic acids is 3. The van der Waals surface area contributed by atoms with Crippen LogP contribution in [0.5, 0.6) is 0 Å². The molecule has 8 nitrogen and oxygen atoms in total. The van der Waals surface area contributed by atoms with Gasteiger partial charge in [0, 0.05) is 20.8 Å². The molecule has 0 fully saturated rings. The van der Waals surface area contributed by atoms with Gasteiger partial charge in [0.2, 0.25) is 0 Å². The molecule has 0 aliphatic rings. The molecular formula is C8H12O8Si. The van der Waals surface area contributed by atoms with E-state index in [-0.39, 0.29) is 0 Å². The molecule has 0 aliphatic heterocycles. The van der Waals surface area contributed by atoms with Gasteiger partial charge in [-0.25, -0.2) is 0 Å². The van der Waals surface area contributed by atoms with Gasteiger partial charge in [-0.15, -0.1) is 0 Å². The van der Waals surface area contributed by atoms with E-state index in [1.54, 1.807) is 0 Å². The third-order valence-corrected chi connectivity index (χ3v) is 3.80. The van der Waals surface area contributed by atoms with Crippen molar-refractivity contribution in [2.75, 3.05) is 0 Å². The predicted octanol–water partition coefficient (Wildman–Crippen LogP) is -0.301. The van der Waals surface area contributed by atoms with Crippen molar-refractivity contribution >= 4 is 32.7 Å². The van der Waals surface area contributed by atoms with Crippen LogP contribution in [0.3, 0.4) is 0 Å². The van der Waals surface area contributed by atoms with E-state index in [0.29, 0.717) is 0 Å². The Bertz CT molecular complexity index is 280. The van der Waals surface area contributed by atoms with Crippen molar-refractivity contribution in [2.24, 2.45) is 0 Å². The number of carboxylic acids is 1. The van der Waals surface area contributed by atoms with Gasteiger partial charge < -0.3 is 18.4 Å². The summed E-state index contributed by atoms with van der Waals surface area (Å²) in [5.74, 6) is -4.12. The second-order valence-corrected chi connectivity index (χ2v) is 5.37. The van der Waals surface area contributed by atoms with Gasteiger partial charge in [-0.1, -0.05) is 0 Å². The molecule has 0 aromatic carbocycles. The van der Waals surface area contributed by atoms with Crippen LogP contribution in [0.1, 0.15) is 20.8 Å². The summed E-state index contributed by atoms with van der Waals surface area (Å²) < 4.78 is 13.8. The average Bonchev–Trinajstić information content (AvgIpc) is 1.95. The summed E-state index contributed by atoms with van der Waals surface area (Å²) in [5, 5.41) is 8.65. The minimum atomic E-state index is -4.20. The van der Waals surface area contributed by atoms with Gasteiger partial charge in [-0.05, 0) is 0 Å². The molecule has 0 rings (SSSR count). The highest BCUT2D eigenvalue weighted by Crippen LogP contribution is 2.17. The van der Waals surface area contributed by atoms with Crippen molar-refractivity contribution in [3.63, 3.8) is 0 Å². The zero-order valence-electron chi connectivity index (χ0n) is 9.51. The van der Waals surface area contributed by atoms with E-state index in [0.717, 1.165) is 20.8 Å². The van der Waals surface area contributed by atoms with E-state index in [1.165, 1.54) is 0 Å². The smallest absolute Gasteiger partial charge is 0.481 e. The summed E-state index contributed by atoms with van der Waals surface area (Å²) in [7, 11) is -4.20. The zero-order chi connectivity index (χ0) is 13.6. The van der Waals surface area contributed by atoms with Gasteiger partial charge in [0.05, 0.1) is 0 Å². The predicted molar refractivity (Wildman–Crippen MR) is 53.5 cm³/mol. The van der Waals surface area contributed by atoms with Gasteiger partial charge >= 0.3 is 14.8 Å². The van der Waals surface area contributed by atoms with E-state index in [1.807, 2.05) is 0 Å². The highest BCUT2D eigenvalue weighted by molar-refractivity contribution is 6.68. The molecule has 0 amide bonds. The lowest BCUT2D eigenvalue weighted by Gasteiger charge is -2.24. The first-order chi connectivity index (χ1) is 7.67. The normalized spacial score (nSPS) is 10.3. The molecule has 0 saturated carbocycles. The van der Waals surface area contributed by atoms with Crippen LogP contribution in [0.2, 0.25) is 6.04 Å². The van der Waals surface area contributed by atoms with Crippen molar-refractivity contribution in [3.8, 4) is 0 Å². The Hall–Kier alpha value is -1.90. The van der Waals surface area contributed by atoms with Crippen molar-refractivity contribution in [3.05, 3.63) is 0 Å². The highest BCUT2D eigenvalue weighted by atomic mass is 28.4. The molecule has 1 N–H and O–H groups in total. The van der Waals surface area contributed by atoms with E-state index in [2.05, 4.69) is 13.3 Å². The fourth-order valence-electron chi connectivity index (χ4n) is 1.01. The van der Waals surface area contributed by atoms with Gasteiger partial charge in [0.25, 0.3) is 17.9 Å². The molecule has 0 aliphatic carbocycles. The standard InChI is InChI=1S/C8H12O8Si/c1-5(9)14-17(4-8(12)13,15-6(2)10)16-7(3)11/h4H2,1-3H3,(H,12,13). The second-order valence-electron chi connectivity index (χ2n) is 3.03. The van der Waals surface area contributed by atoms with E-state index in [9.17, 15) is 19.2 Å². The van der Waals surface area contributed by atoms with Crippen LogP contribution in [-0.2, 0) is 32.5 Å². The van der Waals surface area contributed by atoms with Crippen LogP contribution in [0.4, 0.5) is 0 Å². The lowest BCUT2D eigenvalue weighted by Crippen LogP contribution is -2.50. The molecule has 0 radical (unpaired) electrons. The minimum Gasteiger partial charge on any atom is -0.481 e. The summed E-state index contributed by atoms with van der Waals surface area (Å²) in [5.41, 5.74) is 0. The molecular weight excluding hydrogens is 252 g/mol. The molecule has 0 heterocycles. The van der Waals surface area contributed by atoms with Crippen LogP contribution in [-0.4, -0.2) is 37.8 Å². The third-order valence-electron chi connectivity index (χ3n) is 1.27. The lowest BCUT2D eigenvalue weighted by molar-refractivity contribution is -0.148. The summed E-state index contributed by atoms with van der Waals surface area (Å²) in [6.45, 7) is 2.95. The zero-order valence-corrected chi connectivity index (χ0v) is 10.5. The fourth-order valence-corrected chi connectivity index (χ4v) is 3.04. The first-order valence-corrected chi connectivity index (χ1v) is 6.40. The monoisotopic (exact) mass is 264 g/mol. The van der Waals surface area contributed by atoms with Gasteiger partial charge in [-0.2, -0.15) is 0 Å². The van der Waals surface area contributed by atoms with E-state index >= 15 is 0 Å². The minimum absolute atomic E-state index is 0.869. The molecule has 0 saturated heterocycles. The maximum Gasteiger partial charge on any atom is 0.716 e. The van der Waals surface area contributed by atoms with Crippen molar-refractivity contribution in [2.45, 2.75) is 26.8 Å². The Kier molecular flexibility index (Phi) is 5.32. The fraction of sp³-hybridized carbons (Fsp3) is 0.500. The largest absolute Gasteiger partial charge is 0.716 e. The molecule has 96 valence electrons. The number of hydrogen-bond acceptors (Lipinski definition) is 7. The highest BCUT2D eigenvalue weighted by Gasteiger charge is 2.54. The SMILES string of the molecule is CC(=O)O[Si](CC(=O)O)(OC(C)=O)OC(C)=O. The summed E-state index contributed by atoms with van der Waals surface area (Å²) in [4.78, 5) is 43.1. The first-order valence-electron chi connectivity index (χ1n) is 4.47. The summed E-state index contributed by atoms with van der Waals surface area (Å²) >= 11 is 0. The number of aliphatic carboxylic acids is 1. The molecule has 9 heteroatoms. The van der Waals surface area contributed by atoms with Crippen LogP contribution in [0.25, 0.3) is 0 Å². The van der Waals surface area contributed by atoms with Crippen molar-refractivity contribution in [1.29, 1.82) is 0 Å². The van der Waals surface area contributed by atoms with Gasteiger partial charge in [-0.3, -0.25) is 19.2 Å². The molecule has 0 spiro atoms. The van der Waals surface area contributed by atoms with Crippen LogP contribution in [0.15, 0.2) is 0 Å². The molecule has 0 aromatic rings. The van der Waals surface area contributed by atoms with Gasteiger partial charge in [0.1, 0.15) is 0 Å². The maximum absolute atomic E-state index is 10.8. The maximum atomic E-state index is 10.8. The van der Waals surface area contributed by atoms with Crippen molar-refractivity contribution < 1.29 is 37.6 Å². The average molecular weight is 264 g/mol. The first kappa shape index (κ1) is 15.1.